The van der Waals surface area contributed by atoms with Gasteiger partial charge in [0.15, 0.2) is 0 Å². The first-order valence-electron chi connectivity index (χ1n) is 20.9. The largest absolute Gasteiger partial charge is 0.478 e. The van der Waals surface area contributed by atoms with Gasteiger partial charge in [-0.25, -0.2) is 4.79 Å². The molecule has 6 aromatic carbocycles. The summed E-state index contributed by atoms with van der Waals surface area (Å²) in [5, 5.41) is 22.1. The predicted octanol–water partition coefficient (Wildman–Crippen LogP) is 11.7. The molecule has 342 valence electrons. The molecule has 1 aliphatic carbocycles. The van der Waals surface area contributed by atoms with Crippen molar-refractivity contribution < 1.29 is 55.4 Å². The third-order valence-electron chi connectivity index (χ3n) is 10.8. The fourth-order valence-corrected chi connectivity index (χ4v) is 7.51. The lowest BCUT2D eigenvalue weighted by Gasteiger charge is -2.17. The molecule has 66 heavy (non-hydrogen) atoms. The molecule has 0 saturated heterocycles. The molecule has 4 amide bonds. The minimum atomic E-state index is -5.09. The van der Waals surface area contributed by atoms with Crippen LogP contribution in [0.4, 0.5) is 37.7 Å². The fraction of sp³-hybridized carbons (Fsp3) is 0.220. The highest BCUT2D eigenvalue weighted by molar-refractivity contribution is 6.11. The number of amides is 4. The van der Waals surface area contributed by atoms with Crippen LogP contribution in [0, 0.1) is 0 Å². The molecule has 6 aromatic rings. The van der Waals surface area contributed by atoms with Gasteiger partial charge in [0.25, 0.3) is 23.6 Å². The fourth-order valence-electron chi connectivity index (χ4n) is 7.51. The van der Waals surface area contributed by atoms with E-state index in [-0.39, 0.29) is 40.4 Å². The van der Waals surface area contributed by atoms with Crippen molar-refractivity contribution in [1.29, 1.82) is 0 Å². The van der Waals surface area contributed by atoms with Crippen LogP contribution in [0.3, 0.4) is 0 Å². The third-order valence-corrected chi connectivity index (χ3v) is 10.8. The quantitative estimate of drug-likeness (QED) is 0.0681. The zero-order chi connectivity index (χ0) is 47.6. The van der Waals surface area contributed by atoms with Gasteiger partial charge in [-0.15, -0.1) is 0 Å². The molecule has 10 nitrogen and oxygen atoms in total. The van der Waals surface area contributed by atoms with Crippen molar-refractivity contribution in [3.05, 3.63) is 178 Å². The second-order valence-electron chi connectivity index (χ2n) is 15.6. The number of hydrogen-bond donors (Lipinski definition) is 5. The van der Waals surface area contributed by atoms with Crippen molar-refractivity contribution in [2.75, 3.05) is 10.6 Å². The van der Waals surface area contributed by atoms with E-state index in [1.165, 1.54) is 49.2 Å². The molecular formula is C50H44F6N4O6. The summed E-state index contributed by atoms with van der Waals surface area (Å²) in [5.74, 6) is -3.53. The van der Waals surface area contributed by atoms with Gasteiger partial charge in [0.05, 0.1) is 28.3 Å². The molecule has 5 N–H and O–H groups in total. The van der Waals surface area contributed by atoms with E-state index in [2.05, 4.69) is 21.3 Å². The van der Waals surface area contributed by atoms with Crippen LogP contribution < -0.4 is 21.3 Å². The van der Waals surface area contributed by atoms with Crippen LogP contribution in [0.15, 0.2) is 133 Å². The Balaban J connectivity index is 0.000000229. The zero-order valence-corrected chi connectivity index (χ0v) is 35.4. The number of alkyl halides is 6. The second kappa shape index (κ2) is 21.0. The Morgan fingerprint density at radius 2 is 1.06 bits per heavy atom. The summed E-state index contributed by atoms with van der Waals surface area (Å²) < 4.78 is 78.8. The third kappa shape index (κ3) is 12.6. The van der Waals surface area contributed by atoms with Gasteiger partial charge in [-0.05, 0) is 103 Å². The van der Waals surface area contributed by atoms with Crippen molar-refractivity contribution in [2.45, 2.75) is 69.9 Å². The van der Waals surface area contributed by atoms with Crippen LogP contribution in [0.2, 0.25) is 0 Å². The molecule has 1 atom stereocenters. The first-order valence-corrected chi connectivity index (χ1v) is 20.9. The Labute approximate surface area is 375 Å². The maximum Gasteiger partial charge on any atom is 0.416 e. The summed E-state index contributed by atoms with van der Waals surface area (Å²) in [5.41, 5.74) is -2.09. The van der Waals surface area contributed by atoms with Gasteiger partial charge >= 0.3 is 18.3 Å². The second-order valence-corrected chi connectivity index (χ2v) is 15.6. The summed E-state index contributed by atoms with van der Waals surface area (Å²) in [4.78, 5) is 61.9. The molecule has 16 heteroatoms. The molecule has 0 aromatic heterocycles. The lowest BCUT2D eigenvalue weighted by molar-refractivity contribution is -0.143. The Bertz CT molecular complexity index is 2710. The van der Waals surface area contributed by atoms with Gasteiger partial charge in [0.1, 0.15) is 0 Å². The number of carbonyl (C=O) groups is 5. The predicted molar refractivity (Wildman–Crippen MR) is 237 cm³/mol. The van der Waals surface area contributed by atoms with E-state index in [9.17, 15) is 55.4 Å². The van der Waals surface area contributed by atoms with Gasteiger partial charge in [-0.1, -0.05) is 92.4 Å². The number of hydrogen-bond acceptors (Lipinski definition) is 5. The normalized spacial score (nSPS) is 13.6. The number of carboxylic acid groups (broad SMARTS) is 1. The van der Waals surface area contributed by atoms with Gasteiger partial charge < -0.3 is 26.4 Å². The van der Waals surface area contributed by atoms with E-state index >= 15 is 0 Å². The number of nitrogens with one attached hydrogen (secondary N) is 4. The number of aromatic carboxylic acids is 1. The van der Waals surface area contributed by atoms with E-state index in [1.54, 1.807) is 43.3 Å². The number of fused-ring (bicyclic) bond motifs is 1. The topological polar surface area (TPSA) is 154 Å². The summed E-state index contributed by atoms with van der Waals surface area (Å²) in [6, 6.07) is 32.0. The highest BCUT2D eigenvalue weighted by Gasteiger charge is 2.37. The van der Waals surface area contributed by atoms with Crippen molar-refractivity contribution in [2.24, 2.45) is 0 Å². The summed E-state index contributed by atoms with van der Waals surface area (Å²) in [6.45, 7) is 1.80. The van der Waals surface area contributed by atoms with Crippen LogP contribution >= 0.6 is 0 Å². The highest BCUT2D eigenvalue weighted by atomic mass is 19.4. The Morgan fingerprint density at radius 1 is 0.545 bits per heavy atom. The zero-order valence-electron chi connectivity index (χ0n) is 35.4. The van der Waals surface area contributed by atoms with Gasteiger partial charge in [0, 0.05) is 34.1 Å². The minimum absolute atomic E-state index is 0.0198. The molecule has 1 aliphatic rings. The lowest BCUT2D eigenvalue weighted by atomic mass is 9.99. The standard InChI is InChI=1S/C28H20F6N2O2.C22H24N2O4/c1-16(23-11-5-7-17-6-2-3-10-24(17)23)35-25(37)18-8-4-9-22(14-18)36-26(38)19-12-20(27(29,30)31)15-21(13-19)28(32,33)34;25-20(23-16-9-3-1-2-4-10-16)15-8-7-11-17(14-15)24-21(26)18-12-5-6-13-19(18)22(27)28/h2-16H,1H3,(H,35,37)(H,36,38);5-8,11-14,16H,1-4,9-10H2,(H,23,25)(H,24,26)(H,27,28)/t16-;/m0./s1. The van der Waals surface area contributed by atoms with E-state index in [0.717, 1.165) is 42.0 Å². The number of carboxylic acids is 1. The number of anilines is 2. The van der Waals surface area contributed by atoms with Gasteiger partial charge in [-0.3, -0.25) is 19.2 Å². The maximum absolute atomic E-state index is 13.1. The molecule has 0 heterocycles. The molecule has 1 fully saturated rings. The highest BCUT2D eigenvalue weighted by Crippen LogP contribution is 2.36. The van der Waals surface area contributed by atoms with E-state index in [1.807, 2.05) is 42.5 Å². The van der Waals surface area contributed by atoms with Crippen LogP contribution in [0.1, 0.15) is 120 Å². The molecular weight excluding hydrogens is 867 g/mol. The van der Waals surface area contributed by atoms with Crippen molar-refractivity contribution in [1.82, 2.24) is 10.6 Å². The molecule has 0 aliphatic heterocycles. The molecule has 0 bridgehead atoms. The van der Waals surface area contributed by atoms with Crippen LogP contribution in [-0.2, 0) is 12.4 Å². The Kier molecular flexibility index (Phi) is 15.3. The van der Waals surface area contributed by atoms with Gasteiger partial charge in [0.2, 0.25) is 0 Å². The molecule has 1 saturated carbocycles. The van der Waals surface area contributed by atoms with Crippen molar-refractivity contribution in [3.8, 4) is 0 Å². The van der Waals surface area contributed by atoms with Crippen LogP contribution in [0.5, 0.6) is 0 Å². The van der Waals surface area contributed by atoms with E-state index < -0.39 is 58.8 Å². The summed E-state index contributed by atoms with van der Waals surface area (Å²) >= 11 is 0. The van der Waals surface area contributed by atoms with E-state index in [0.29, 0.717) is 23.4 Å². The van der Waals surface area contributed by atoms with Crippen LogP contribution in [0.25, 0.3) is 10.8 Å². The molecule has 0 unspecified atom stereocenters. The first-order chi connectivity index (χ1) is 31.4. The first kappa shape index (κ1) is 48.0. The number of halogens is 6. The Hall–Kier alpha value is -7.49. The molecule has 7 rings (SSSR count). The SMILES string of the molecule is C[C@H](NC(=O)c1cccc(NC(=O)c2cc(C(F)(F)F)cc(C(F)(F)F)c2)c1)c1cccc2ccccc12.O=C(NC1CCCCCC1)c1cccc(NC(=O)c2ccccc2C(=O)O)c1. The van der Waals surface area contributed by atoms with Crippen molar-refractivity contribution >= 4 is 51.7 Å². The van der Waals surface area contributed by atoms with E-state index in [4.69, 9.17) is 0 Å². The maximum atomic E-state index is 13.1. The number of carbonyl (C=O) groups excluding carboxylic acids is 4. The average Bonchev–Trinajstić information content (AvgIpc) is 3.57. The number of rotatable bonds is 10. The number of benzene rings is 6. The monoisotopic (exact) mass is 910 g/mol. The van der Waals surface area contributed by atoms with Gasteiger partial charge in [-0.2, -0.15) is 26.3 Å². The molecule has 0 spiro atoms. The average molecular weight is 911 g/mol. The summed E-state index contributed by atoms with van der Waals surface area (Å²) in [6.07, 6.45) is -3.50. The van der Waals surface area contributed by atoms with Crippen LogP contribution in [-0.4, -0.2) is 40.7 Å². The molecule has 0 radical (unpaired) electrons. The smallest absolute Gasteiger partial charge is 0.416 e. The Morgan fingerprint density at radius 3 is 1.65 bits per heavy atom. The lowest BCUT2D eigenvalue weighted by Crippen LogP contribution is -2.34. The summed E-state index contributed by atoms with van der Waals surface area (Å²) in [7, 11) is 0. The van der Waals surface area contributed by atoms with Crippen molar-refractivity contribution in [3.63, 3.8) is 0 Å². The minimum Gasteiger partial charge on any atom is -0.478 e.